The summed E-state index contributed by atoms with van der Waals surface area (Å²) in [5.41, 5.74) is 3.98. The predicted molar refractivity (Wildman–Crippen MR) is 98.2 cm³/mol. The highest BCUT2D eigenvalue weighted by molar-refractivity contribution is 7.13. The van der Waals surface area contributed by atoms with E-state index in [2.05, 4.69) is 20.7 Å². The number of nitrogens with one attached hydrogen (secondary N) is 2. The number of hydrazone groups is 1. The van der Waals surface area contributed by atoms with Crippen molar-refractivity contribution in [2.45, 2.75) is 0 Å². The van der Waals surface area contributed by atoms with Gasteiger partial charge in [-0.2, -0.15) is 10.2 Å². The zero-order valence-corrected chi connectivity index (χ0v) is 14.8. The number of ether oxygens (including phenoxy) is 2. The number of methoxy groups -OCH3 is 2. The molecule has 2 aromatic heterocycles. The summed E-state index contributed by atoms with van der Waals surface area (Å²) in [6.45, 7) is 0. The van der Waals surface area contributed by atoms with Crippen LogP contribution in [0, 0.1) is 0 Å². The quantitative estimate of drug-likeness (QED) is 0.455. The number of hydrogen-bond donors (Lipinski definition) is 3. The maximum atomic E-state index is 12.1. The Morgan fingerprint density at radius 1 is 1.31 bits per heavy atom. The number of aromatic amines is 1. The van der Waals surface area contributed by atoms with Gasteiger partial charge in [-0.3, -0.25) is 9.89 Å². The maximum absolute atomic E-state index is 12.1. The molecule has 0 spiro atoms. The Balaban J connectivity index is 1.70. The third-order valence-corrected chi connectivity index (χ3v) is 4.38. The normalized spacial score (nSPS) is 10.8. The van der Waals surface area contributed by atoms with Crippen molar-refractivity contribution in [3.05, 3.63) is 47.0 Å². The first-order chi connectivity index (χ1) is 12.6. The van der Waals surface area contributed by atoms with Crippen molar-refractivity contribution in [1.82, 2.24) is 15.6 Å². The molecule has 1 amide bonds. The number of aromatic hydroxyl groups is 1. The molecule has 1 aromatic carbocycles. The number of amides is 1. The third kappa shape index (κ3) is 3.67. The second-order valence-electron chi connectivity index (χ2n) is 5.12. The first kappa shape index (κ1) is 17.5. The molecule has 3 rings (SSSR count). The monoisotopic (exact) mass is 372 g/mol. The fourth-order valence-electron chi connectivity index (χ4n) is 2.21. The van der Waals surface area contributed by atoms with Crippen LogP contribution in [0.4, 0.5) is 0 Å². The van der Waals surface area contributed by atoms with Crippen molar-refractivity contribution in [1.29, 1.82) is 0 Å². The molecule has 9 heteroatoms. The molecule has 0 aliphatic carbocycles. The Morgan fingerprint density at radius 3 is 2.65 bits per heavy atom. The summed E-state index contributed by atoms with van der Waals surface area (Å²) >= 11 is 1.55. The van der Waals surface area contributed by atoms with Crippen LogP contribution in [-0.4, -0.2) is 41.6 Å². The van der Waals surface area contributed by atoms with Crippen LogP contribution in [0.5, 0.6) is 17.2 Å². The van der Waals surface area contributed by atoms with Crippen LogP contribution in [0.3, 0.4) is 0 Å². The lowest BCUT2D eigenvalue weighted by Gasteiger charge is -2.09. The van der Waals surface area contributed by atoms with Gasteiger partial charge in [-0.05, 0) is 29.6 Å². The summed E-state index contributed by atoms with van der Waals surface area (Å²) in [6, 6.07) is 8.64. The maximum Gasteiger partial charge on any atom is 0.291 e. The molecular formula is C17H16N4O4S. The minimum atomic E-state index is -0.446. The molecule has 2 heterocycles. The first-order valence-electron chi connectivity index (χ1n) is 7.50. The van der Waals surface area contributed by atoms with E-state index in [0.29, 0.717) is 5.56 Å². The van der Waals surface area contributed by atoms with E-state index in [1.165, 1.54) is 20.4 Å². The fraction of sp³-hybridized carbons (Fsp3) is 0.118. The van der Waals surface area contributed by atoms with E-state index >= 15 is 0 Å². The van der Waals surface area contributed by atoms with E-state index in [1.807, 2.05) is 17.5 Å². The first-order valence-corrected chi connectivity index (χ1v) is 8.38. The number of benzene rings is 1. The van der Waals surface area contributed by atoms with Gasteiger partial charge in [-0.1, -0.05) is 6.07 Å². The van der Waals surface area contributed by atoms with Gasteiger partial charge >= 0.3 is 0 Å². The van der Waals surface area contributed by atoms with Crippen molar-refractivity contribution >= 4 is 23.5 Å². The minimum absolute atomic E-state index is 0.103. The molecule has 0 unspecified atom stereocenters. The Morgan fingerprint density at radius 2 is 2.04 bits per heavy atom. The Hall–Kier alpha value is -3.33. The molecular weight excluding hydrogens is 356 g/mol. The van der Waals surface area contributed by atoms with Gasteiger partial charge in [0.05, 0.1) is 31.0 Å². The topological polar surface area (TPSA) is 109 Å². The number of hydrogen-bond acceptors (Lipinski definition) is 7. The van der Waals surface area contributed by atoms with Crippen molar-refractivity contribution in [3.63, 3.8) is 0 Å². The highest BCUT2D eigenvalue weighted by Gasteiger charge is 2.12. The molecule has 0 saturated heterocycles. The largest absolute Gasteiger partial charge is 0.502 e. The van der Waals surface area contributed by atoms with E-state index in [-0.39, 0.29) is 22.9 Å². The molecule has 134 valence electrons. The summed E-state index contributed by atoms with van der Waals surface area (Å²) < 4.78 is 10.1. The number of carbonyl (C=O) groups is 1. The van der Waals surface area contributed by atoms with E-state index in [1.54, 1.807) is 29.5 Å². The standard InChI is InChI=1S/C17H16N4O4S/c1-24-13-6-10(7-14(25-2)16(13)22)9-18-21-17(23)12-8-11(19-20-12)15-4-3-5-26-15/h3-9,22H,1-2H3,(H,19,20)(H,21,23). The lowest BCUT2D eigenvalue weighted by molar-refractivity contribution is 0.0950. The number of phenolic OH excluding ortho intramolecular Hbond substituents is 1. The molecule has 0 aliphatic heterocycles. The summed E-state index contributed by atoms with van der Waals surface area (Å²) in [7, 11) is 2.86. The number of nitrogens with zero attached hydrogens (tertiary/aromatic N) is 2. The van der Waals surface area contributed by atoms with Gasteiger partial charge in [0, 0.05) is 5.56 Å². The Labute approximate surface area is 153 Å². The van der Waals surface area contributed by atoms with Gasteiger partial charge in [0.25, 0.3) is 5.91 Å². The van der Waals surface area contributed by atoms with Crippen molar-refractivity contribution < 1.29 is 19.4 Å². The van der Waals surface area contributed by atoms with E-state index < -0.39 is 5.91 Å². The number of thiophene rings is 1. The van der Waals surface area contributed by atoms with Crippen LogP contribution in [0.15, 0.2) is 40.8 Å². The lowest BCUT2D eigenvalue weighted by Crippen LogP contribution is -2.18. The van der Waals surface area contributed by atoms with Gasteiger partial charge in [0.2, 0.25) is 5.75 Å². The summed E-state index contributed by atoms with van der Waals surface area (Å²) in [5.74, 6) is -0.0677. The number of rotatable bonds is 6. The number of H-pyrrole nitrogens is 1. The average molecular weight is 372 g/mol. The van der Waals surface area contributed by atoms with Gasteiger partial charge in [0.1, 0.15) is 0 Å². The summed E-state index contributed by atoms with van der Waals surface area (Å²) in [4.78, 5) is 13.1. The molecule has 0 aliphatic rings. The minimum Gasteiger partial charge on any atom is -0.502 e. The molecule has 8 nitrogen and oxygen atoms in total. The van der Waals surface area contributed by atoms with Crippen LogP contribution >= 0.6 is 11.3 Å². The third-order valence-electron chi connectivity index (χ3n) is 3.48. The second kappa shape index (κ2) is 7.70. The Bertz CT molecular complexity index is 909. The number of carbonyl (C=O) groups excluding carboxylic acids is 1. The smallest absolute Gasteiger partial charge is 0.291 e. The summed E-state index contributed by atoms with van der Waals surface area (Å²) in [5, 5.41) is 22.5. The van der Waals surface area contributed by atoms with E-state index in [9.17, 15) is 9.90 Å². The SMILES string of the molecule is COc1cc(C=NNC(=O)c2cc(-c3cccs3)[nH]n2)cc(OC)c1O. The van der Waals surface area contributed by atoms with Crippen molar-refractivity contribution in [3.8, 4) is 27.8 Å². The highest BCUT2D eigenvalue weighted by atomic mass is 32.1. The molecule has 0 saturated carbocycles. The molecule has 0 fully saturated rings. The number of aromatic nitrogens is 2. The number of phenols is 1. The highest BCUT2D eigenvalue weighted by Crippen LogP contribution is 2.36. The van der Waals surface area contributed by atoms with Crippen molar-refractivity contribution in [2.24, 2.45) is 5.10 Å². The molecule has 3 N–H and O–H groups in total. The molecule has 0 radical (unpaired) electrons. The van der Waals surface area contributed by atoms with E-state index in [4.69, 9.17) is 9.47 Å². The van der Waals surface area contributed by atoms with E-state index in [0.717, 1.165) is 10.6 Å². The molecule has 26 heavy (non-hydrogen) atoms. The van der Waals surface area contributed by atoms with Crippen LogP contribution in [0.25, 0.3) is 10.6 Å². The van der Waals surface area contributed by atoms with Gasteiger partial charge in [-0.15, -0.1) is 11.3 Å². The van der Waals surface area contributed by atoms with Gasteiger partial charge in [-0.25, -0.2) is 5.43 Å². The Kier molecular flexibility index (Phi) is 5.18. The van der Waals surface area contributed by atoms with Crippen LogP contribution < -0.4 is 14.9 Å². The lowest BCUT2D eigenvalue weighted by atomic mass is 10.2. The molecule has 0 bridgehead atoms. The van der Waals surface area contributed by atoms with Gasteiger partial charge in [0.15, 0.2) is 17.2 Å². The zero-order valence-electron chi connectivity index (χ0n) is 14.0. The summed E-state index contributed by atoms with van der Waals surface area (Å²) in [6.07, 6.45) is 1.41. The zero-order chi connectivity index (χ0) is 18.5. The van der Waals surface area contributed by atoms with Crippen molar-refractivity contribution in [2.75, 3.05) is 14.2 Å². The van der Waals surface area contributed by atoms with Crippen LogP contribution in [0.2, 0.25) is 0 Å². The fourth-order valence-corrected chi connectivity index (χ4v) is 2.90. The van der Waals surface area contributed by atoms with Crippen LogP contribution in [-0.2, 0) is 0 Å². The predicted octanol–water partition coefficient (Wildman–Crippen LogP) is 2.62. The molecule has 0 atom stereocenters. The molecule has 3 aromatic rings. The van der Waals surface area contributed by atoms with Gasteiger partial charge < -0.3 is 14.6 Å². The van der Waals surface area contributed by atoms with Crippen LogP contribution in [0.1, 0.15) is 16.1 Å². The second-order valence-corrected chi connectivity index (χ2v) is 6.07. The average Bonchev–Trinajstić information content (AvgIpc) is 3.34.